The van der Waals surface area contributed by atoms with Crippen LogP contribution in [0, 0.1) is 26.7 Å². The van der Waals surface area contributed by atoms with E-state index in [-0.39, 0.29) is 24.2 Å². The summed E-state index contributed by atoms with van der Waals surface area (Å²) in [7, 11) is 0. The van der Waals surface area contributed by atoms with Crippen LogP contribution in [0.15, 0.2) is 60.7 Å². The fraction of sp³-hybridized carbons (Fsp3) is 0.250. The molecule has 0 saturated carbocycles. The van der Waals surface area contributed by atoms with Crippen molar-refractivity contribution >= 4 is 23.2 Å². The van der Waals surface area contributed by atoms with Gasteiger partial charge in [0.2, 0.25) is 11.8 Å². The lowest BCUT2D eigenvalue weighted by atomic mass is 10.1. The third kappa shape index (κ3) is 3.81. The van der Waals surface area contributed by atoms with Crippen LogP contribution in [0.4, 0.5) is 11.4 Å². The van der Waals surface area contributed by atoms with E-state index in [0.717, 1.165) is 22.6 Å². The second-order valence-electron chi connectivity index (χ2n) is 7.73. The SMILES string of the molecule is Cc1ccc(N2C[C@@H](C(=O)Nc3ccc(-n4c(C)ccc4C)cc3)CC2=O)cc1. The number of amides is 2. The van der Waals surface area contributed by atoms with Gasteiger partial charge in [-0.3, -0.25) is 9.59 Å². The number of aromatic nitrogens is 1. The maximum atomic E-state index is 12.7. The molecule has 0 bridgehead atoms. The maximum absolute atomic E-state index is 12.7. The van der Waals surface area contributed by atoms with Crippen LogP contribution < -0.4 is 10.2 Å². The minimum Gasteiger partial charge on any atom is -0.326 e. The van der Waals surface area contributed by atoms with Gasteiger partial charge in [-0.25, -0.2) is 0 Å². The molecule has 2 aromatic carbocycles. The molecule has 0 aliphatic carbocycles. The average molecular weight is 387 g/mol. The Kier molecular flexibility index (Phi) is 4.97. The van der Waals surface area contributed by atoms with Gasteiger partial charge in [0.25, 0.3) is 0 Å². The van der Waals surface area contributed by atoms with Crippen LogP contribution in [0.1, 0.15) is 23.4 Å². The summed E-state index contributed by atoms with van der Waals surface area (Å²) >= 11 is 0. The molecule has 1 aliphatic heterocycles. The Balaban J connectivity index is 1.43. The summed E-state index contributed by atoms with van der Waals surface area (Å²) in [5, 5.41) is 2.96. The summed E-state index contributed by atoms with van der Waals surface area (Å²) in [6.45, 7) is 6.56. The number of carbonyl (C=O) groups is 2. The van der Waals surface area contributed by atoms with Crippen molar-refractivity contribution in [2.24, 2.45) is 5.92 Å². The minimum absolute atomic E-state index is 0.0112. The second-order valence-corrected chi connectivity index (χ2v) is 7.73. The largest absolute Gasteiger partial charge is 0.326 e. The average Bonchev–Trinajstić information content (AvgIpc) is 3.25. The van der Waals surface area contributed by atoms with Crippen molar-refractivity contribution < 1.29 is 9.59 Å². The molecule has 1 atom stereocenters. The van der Waals surface area contributed by atoms with Crippen LogP contribution >= 0.6 is 0 Å². The third-order valence-corrected chi connectivity index (χ3v) is 5.51. The number of nitrogens with zero attached hydrogens (tertiary/aromatic N) is 2. The molecule has 5 heteroatoms. The number of aryl methyl sites for hydroxylation is 3. The summed E-state index contributed by atoms with van der Waals surface area (Å²) < 4.78 is 2.17. The molecule has 5 nitrogen and oxygen atoms in total. The molecule has 3 aromatic rings. The zero-order valence-electron chi connectivity index (χ0n) is 17.0. The molecule has 0 spiro atoms. The van der Waals surface area contributed by atoms with Crippen LogP contribution in [-0.2, 0) is 9.59 Å². The molecule has 0 unspecified atom stereocenters. The molecule has 1 saturated heterocycles. The van der Waals surface area contributed by atoms with Crippen molar-refractivity contribution in [3.63, 3.8) is 0 Å². The lowest BCUT2D eigenvalue weighted by Gasteiger charge is -2.17. The van der Waals surface area contributed by atoms with E-state index >= 15 is 0 Å². The first-order chi connectivity index (χ1) is 13.9. The van der Waals surface area contributed by atoms with Crippen molar-refractivity contribution in [3.05, 3.63) is 77.6 Å². The summed E-state index contributed by atoms with van der Waals surface area (Å²) in [6.07, 6.45) is 0.236. The number of nitrogens with one attached hydrogen (secondary N) is 1. The van der Waals surface area contributed by atoms with Gasteiger partial charge in [-0.2, -0.15) is 0 Å². The summed E-state index contributed by atoms with van der Waals surface area (Å²) in [4.78, 5) is 26.8. The molecule has 1 aliphatic rings. The van der Waals surface area contributed by atoms with Crippen molar-refractivity contribution in [3.8, 4) is 5.69 Å². The second kappa shape index (κ2) is 7.59. The van der Waals surface area contributed by atoms with Gasteiger partial charge in [-0.05, 0) is 69.3 Å². The number of anilines is 2. The smallest absolute Gasteiger partial charge is 0.229 e. The first kappa shape index (κ1) is 19.0. The molecule has 2 heterocycles. The van der Waals surface area contributed by atoms with E-state index in [1.165, 1.54) is 11.4 Å². The molecule has 29 heavy (non-hydrogen) atoms. The normalized spacial score (nSPS) is 16.3. The fourth-order valence-corrected chi connectivity index (χ4v) is 3.87. The Hall–Kier alpha value is -3.34. The Labute approximate surface area is 171 Å². The Bertz CT molecular complexity index is 1030. The molecule has 1 fully saturated rings. The number of carbonyl (C=O) groups excluding carboxylic acids is 2. The van der Waals surface area contributed by atoms with Gasteiger partial charge in [0.05, 0.1) is 5.92 Å². The maximum Gasteiger partial charge on any atom is 0.229 e. The zero-order valence-corrected chi connectivity index (χ0v) is 17.0. The summed E-state index contributed by atoms with van der Waals surface area (Å²) in [5.74, 6) is -0.477. The van der Waals surface area contributed by atoms with Gasteiger partial charge < -0.3 is 14.8 Å². The first-order valence-electron chi connectivity index (χ1n) is 9.85. The molecule has 1 N–H and O–H groups in total. The summed E-state index contributed by atoms with van der Waals surface area (Å²) in [5.41, 5.74) is 6.12. The van der Waals surface area contributed by atoms with E-state index in [2.05, 4.69) is 35.9 Å². The van der Waals surface area contributed by atoms with E-state index in [9.17, 15) is 9.59 Å². The van der Waals surface area contributed by atoms with Gasteiger partial charge in [-0.1, -0.05) is 17.7 Å². The van der Waals surface area contributed by atoms with E-state index < -0.39 is 0 Å². The number of benzene rings is 2. The van der Waals surface area contributed by atoms with Crippen molar-refractivity contribution in [1.82, 2.24) is 4.57 Å². The van der Waals surface area contributed by atoms with Crippen LogP contribution in [0.5, 0.6) is 0 Å². The highest BCUT2D eigenvalue weighted by atomic mass is 16.2. The Morgan fingerprint density at radius 3 is 2.07 bits per heavy atom. The van der Waals surface area contributed by atoms with Crippen LogP contribution in [0.2, 0.25) is 0 Å². The highest BCUT2D eigenvalue weighted by molar-refractivity contribution is 6.03. The quantitative estimate of drug-likeness (QED) is 0.722. The van der Waals surface area contributed by atoms with E-state index in [0.29, 0.717) is 6.54 Å². The topological polar surface area (TPSA) is 54.3 Å². The van der Waals surface area contributed by atoms with Crippen molar-refractivity contribution in [2.45, 2.75) is 27.2 Å². The number of hydrogen-bond donors (Lipinski definition) is 1. The highest BCUT2D eigenvalue weighted by Crippen LogP contribution is 2.26. The molecule has 148 valence electrons. The van der Waals surface area contributed by atoms with Gasteiger partial charge in [-0.15, -0.1) is 0 Å². The molecular formula is C24H25N3O2. The van der Waals surface area contributed by atoms with E-state index in [4.69, 9.17) is 0 Å². The van der Waals surface area contributed by atoms with Gasteiger partial charge >= 0.3 is 0 Å². The number of hydrogen-bond acceptors (Lipinski definition) is 2. The molecule has 1 aromatic heterocycles. The first-order valence-corrected chi connectivity index (χ1v) is 9.85. The molecule has 0 radical (unpaired) electrons. The predicted molar refractivity (Wildman–Crippen MR) is 116 cm³/mol. The molecule has 4 rings (SSSR count). The summed E-state index contributed by atoms with van der Waals surface area (Å²) in [6, 6.07) is 19.8. The lowest BCUT2D eigenvalue weighted by molar-refractivity contribution is -0.122. The number of rotatable bonds is 4. The predicted octanol–water partition coefficient (Wildman–Crippen LogP) is 4.39. The van der Waals surface area contributed by atoms with Gasteiger partial charge in [0.1, 0.15) is 0 Å². The zero-order chi connectivity index (χ0) is 20.5. The van der Waals surface area contributed by atoms with Crippen molar-refractivity contribution in [1.29, 1.82) is 0 Å². The van der Waals surface area contributed by atoms with Crippen LogP contribution in [0.3, 0.4) is 0 Å². The fourth-order valence-electron chi connectivity index (χ4n) is 3.87. The standard InChI is InChI=1S/C24H25N3O2/c1-16-4-10-21(11-5-16)26-15-19(14-23(26)28)24(29)25-20-8-12-22(13-9-20)27-17(2)6-7-18(27)3/h4-13,19H,14-15H2,1-3H3,(H,25,29)/t19-/m0/s1. The molecule has 2 amide bonds. The van der Waals surface area contributed by atoms with Gasteiger partial charge in [0, 0.05) is 41.4 Å². The van der Waals surface area contributed by atoms with E-state index in [1.807, 2.05) is 55.5 Å². The lowest BCUT2D eigenvalue weighted by Crippen LogP contribution is -2.28. The van der Waals surface area contributed by atoms with Crippen molar-refractivity contribution in [2.75, 3.05) is 16.8 Å². The Morgan fingerprint density at radius 1 is 0.862 bits per heavy atom. The highest BCUT2D eigenvalue weighted by Gasteiger charge is 2.35. The molecular weight excluding hydrogens is 362 g/mol. The minimum atomic E-state index is -0.350. The monoisotopic (exact) mass is 387 g/mol. The third-order valence-electron chi connectivity index (χ3n) is 5.51. The van der Waals surface area contributed by atoms with Crippen LogP contribution in [-0.4, -0.2) is 22.9 Å². The van der Waals surface area contributed by atoms with Gasteiger partial charge in [0.15, 0.2) is 0 Å². The Morgan fingerprint density at radius 2 is 1.45 bits per heavy atom. The van der Waals surface area contributed by atoms with E-state index in [1.54, 1.807) is 4.90 Å². The van der Waals surface area contributed by atoms with Crippen LogP contribution in [0.25, 0.3) is 5.69 Å².